The van der Waals surface area contributed by atoms with Crippen molar-refractivity contribution in [1.29, 1.82) is 0 Å². The van der Waals surface area contributed by atoms with E-state index in [1.807, 2.05) is 24.3 Å². The number of aliphatic hydroxyl groups is 2. The zero-order valence-electron chi connectivity index (χ0n) is 17.8. The van der Waals surface area contributed by atoms with E-state index in [0.29, 0.717) is 6.54 Å². The summed E-state index contributed by atoms with van der Waals surface area (Å²) in [6.07, 6.45) is 5.07. The van der Waals surface area contributed by atoms with Gasteiger partial charge < -0.3 is 25.2 Å². The minimum Gasteiger partial charge on any atom is -0.491 e. The van der Waals surface area contributed by atoms with Crippen LogP contribution in [0.3, 0.4) is 0 Å². The van der Waals surface area contributed by atoms with Crippen molar-refractivity contribution in [1.82, 2.24) is 4.90 Å². The number of anilines is 2. The Morgan fingerprint density at radius 3 is 2.55 bits per heavy atom. The van der Waals surface area contributed by atoms with Crippen LogP contribution < -0.4 is 15.0 Å². The quantitative estimate of drug-likeness (QED) is 0.639. The Kier molecular flexibility index (Phi) is 5.85. The number of piperazine rings is 1. The largest absolute Gasteiger partial charge is 0.491 e. The van der Waals surface area contributed by atoms with Crippen LogP contribution in [0.4, 0.5) is 11.4 Å². The molecule has 0 aromatic heterocycles. The van der Waals surface area contributed by atoms with E-state index >= 15 is 0 Å². The number of hydrogen-bond acceptors (Lipinski definition) is 6. The van der Waals surface area contributed by atoms with Gasteiger partial charge in [0.25, 0.3) is 0 Å². The average molecular weight is 422 g/mol. The van der Waals surface area contributed by atoms with Crippen LogP contribution >= 0.6 is 0 Å². The van der Waals surface area contributed by atoms with Crippen LogP contribution in [0.2, 0.25) is 0 Å². The topological polar surface area (TPSA) is 68.2 Å². The number of fused-ring (bicyclic) bond motifs is 1. The van der Waals surface area contributed by atoms with Gasteiger partial charge in [-0.3, -0.25) is 4.90 Å². The minimum atomic E-state index is -0.649. The molecular formula is C25H31N3O3. The van der Waals surface area contributed by atoms with Gasteiger partial charge >= 0.3 is 0 Å². The summed E-state index contributed by atoms with van der Waals surface area (Å²) in [4.78, 5) is 4.74. The molecule has 2 fully saturated rings. The van der Waals surface area contributed by atoms with E-state index in [0.717, 1.165) is 49.1 Å². The van der Waals surface area contributed by atoms with Crippen LogP contribution in [0.1, 0.15) is 29.9 Å². The average Bonchev–Trinajstić information content (AvgIpc) is 3.64. The summed E-state index contributed by atoms with van der Waals surface area (Å²) in [6.45, 7) is 4.73. The Labute approximate surface area is 183 Å². The summed E-state index contributed by atoms with van der Waals surface area (Å²) in [7, 11) is 0. The second kappa shape index (κ2) is 8.91. The van der Waals surface area contributed by atoms with Gasteiger partial charge in [-0.2, -0.15) is 0 Å². The monoisotopic (exact) mass is 421 g/mol. The SMILES string of the molecule is OC1C=Cc2cc(OC[C@H](O)CN3CCN(c4ccc(C5CC5)cc4)CC3)ccc2N1. The second-order valence-electron chi connectivity index (χ2n) is 8.82. The molecule has 2 aliphatic heterocycles. The molecule has 1 saturated carbocycles. The first-order chi connectivity index (χ1) is 15.1. The number of benzene rings is 2. The summed E-state index contributed by atoms with van der Waals surface area (Å²) >= 11 is 0. The number of hydrogen-bond donors (Lipinski definition) is 3. The Balaban J connectivity index is 1.06. The van der Waals surface area contributed by atoms with Crippen molar-refractivity contribution in [3.8, 4) is 5.75 Å². The van der Waals surface area contributed by atoms with Gasteiger partial charge in [0.05, 0.1) is 0 Å². The minimum absolute atomic E-state index is 0.265. The molecule has 6 nitrogen and oxygen atoms in total. The molecule has 0 radical (unpaired) electrons. The van der Waals surface area contributed by atoms with Crippen molar-refractivity contribution < 1.29 is 14.9 Å². The first-order valence-corrected chi connectivity index (χ1v) is 11.3. The van der Waals surface area contributed by atoms with Gasteiger partial charge in [0.2, 0.25) is 0 Å². The van der Waals surface area contributed by atoms with Crippen LogP contribution in [0.5, 0.6) is 5.75 Å². The highest BCUT2D eigenvalue weighted by Gasteiger charge is 2.24. The van der Waals surface area contributed by atoms with Crippen molar-refractivity contribution in [2.45, 2.75) is 31.1 Å². The normalized spacial score (nSPS) is 22.0. The highest BCUT2D eigenvalue weighted by molar-refractivity contribution is 5.71. The molecule has 2 heterocycles. The molecule has 0 amide bonds. The van der Waals surface area contributed by atoms with Gasteiger partial charge in [0.1, 0.15) is 24.7 Å². The lowest BCUT2D eigenvalue weighted by atomic mass is 10.1. The second-order valence-corrected chi connectivity index (χ2v) is 8.82. The van der Waals surface area contributed by atoms with Crippen molar-refractivity contribution >= 4 is 17.5 Å². The summed E-state index contributed by atoms with van der Waals surface area (Å²) in [5.41, 5.74) is 4.63. The molecule has 2 aromatic rings. The fourth-order valence-corrected chi connectivity index (χ4v) is 4.41. The van der Waals surface area contributed by atoms with E-state index in [2.05, 4.69) is 39.4 Å². The summed E-state index contributed by atoms with van der Waals surface area (Å²) < 4.78 is 5.82. The molecule has 5 rings (SSSR count). The van der Waals surface area contributed by atoms with Crippen LogP contribution in [0, 0.1) is 0 Å². The number of nitrogens with one attached hydrogen (secondary N) is 1. The standard InChI is InChI=1S/C25H31N3O3/c29-22(17-31-23-8-9-24-20(15-23)5-10-25(30)26-24)16-27-11-13-28(14-12-27)21-6-3-19(4-7-21)18-1-2-18/h3-10,15,18,22,25-26,29-30H,1-2,11-14,16-17H2/t22-,25?/m1/s1. The number of ether oxygens (including phenoxy) is 1. The fourth-order valence-electron chi connectivity index (χ4n) is 4.41. The van der Waals surface area contributed by atoms with Gasteiger partial charge in [-0.25, -0.2) is 0 Å². The van der Waals surface area contributed by atoms with E-state index in [-0.39, 0.29) is 6.61 Å². The fraction of sp³-hybridized carbons (Fsp3) is 0.440. The smallest absolute Gasteiger partial charge is 0.144 e. The molecular weight excluding hydrogens is 390 g/mol. The van der Waals surface area contributed by atoms with Crippen LogP contribution in [-0.4, -0.2) is 66.8 Å². The van der Waals surface area contributed by atoms with Crippen molar-refractivity contribution in [2.24, 2.45) is 0 Å². The lowest BCUT2D eigenvalue weighted by molar-refractivity contribution is 0.0663. The third-order valence-electron chi connectivity index (χ3n) is 6.38. The number of rotatable bonds is 7. The number of nitrogens with zero attached hydrogens (tertiary/aromatic N) is 2. The zero-order valence-corrected chi connectivity index (χ0v) is 17.8. The summed E-state index contributed by atoms with van der Waals surface area (Å²) in [5.74, 6) is 1.53. The van der Waals surface area contributed by atoms with Gasteiger partial charge in [0.15, 0.2) is 0 Å². The molecule has 1 aliphatic carbocycles. The van der Waals surface area contributed by atoms with Gasteiger partial charge in [-0.1, -0.05) is 18.2 Å². The molecule has 164 valence electrons. The van der Waals surface area contributed by atoms with E-state index in [1.54, 1.807) is 6.08 Å². The molecule has 6 heteroatoms. The maximum Gasteiger partial charge on any atom is 0.144 e. The van der Waals surface area contributed by atoms with Crippen LogP contribution in [0.25, 0.3) is 6.08 Å². The van der Waals surface area contributed by atoms with E-state index in [1.165, 1.54) is 24.1 Å². The molecule has 1 saturated heterocycles. The predicted molar refractivity (Wildman–Crippen MR) is 124 cm³/mol. The Morgan fingerprint density at radius 1 is 1.03 bits per heavy atom. The third kappa shape index (κ3) is 5.03. The first kappa shape index (κ1) is 20.4. The van der Waals surface area contributed by atoms with Crippen LogP contribution in [-0.2, 0) is 0 Å². The maximum atomic E-state index is 10.5. The van der Waals surface area contributed by atoms with Crippen molar-refractivity contribution in [3.63, 3.8) is 0 Å². The van der Waals surface area contributed by atoms with Crippen molar-refractivity contribution in [3.05, 3.63) is 59.7 Å². The molecule has 2 aromatic carbocycles. The molecule has 0 bridgehead atoms. The number of β-amino-alcohol motifs (C(OH)–C–C–N with tert-alkyl or cyclic N) is 1. The zero-order chi connectivity index (χ0) is 21.2. The molecule has 2 atom stereocenters. The first-order valence-electron chi connectivity index (χ1n) is 11.3. The highest BCUT2D eigenvalue weighted by atomic mass is 16.5. The van der Waals surface area contributed by atoms with Crippen molar-refractivity contribution in [2.75, 3.05) is 49.5 Å². The van der Waals surface area contributed by atoms with Gasteiger partial charge in [-0.05, 0) is 60.7 Å². The van der Waals surface area contributed by atoms with Gasteiger partial charge in [0, 0.05) is 49.7 Å². The molecule has 0 spiro atoms. The predicted octanol–water partition coefficient (Wildman–Crippen LogP) is 2.88. The summed E-state index contributed by atoms with van der Waals surface area (Å²) in [6, 6.07) is 14.8. The Bertz CT molecular complexity index is 918. The maximum absolute atomic E-state index is 10.5. The van der Waals surface area contributed by atoms with E-state index in [4.69, 9.17) is 4.74 Å². The molecule has 3 aliphatic rings. The lowest BCUT2D eigenvalue weighted by Gasteiger charge is -2.37. The van der Waals surface area contributed by atoms with Gasteiger partial charge in [-0.15, -0.1) is 0 Å². The Hall–Kier alpha value is -2.54. The molecule has 31 heavy (non-hydrogen) atoms. The molecule has 1 unspecified atom stereocenters. The highest BCUT2D eigenvalue weighted by Crippen LogP contribution is 2.40. The summed E-state index contributed by atoms with van der Waals surface area (Å²) in [5, 5.41) is 23.1. The lowest BCUT2D eigenvalue weighted by Crippen LogP contribution is -2.49. The number of aliphatic hydroxyl groups excluding tert-OH is 2. The third-order valence-corrected chi connectivity index (χ3v) is 6.38. The Morgan fingerprint density at radius 2 is 1.81 bits per heavy atom. The van der Waals surface area contributed by atoms with E-state index < -0.39 is 12.3 Å². The van der Waals surface area contributed by atoms with E-state index in [9.17, 15) is 10.2 Å². The molecule has 3 N–H and O–H groups in total. The van der Waals surface area contributed by atoms with Crippen LogP contribution in [0.15, 0.2) is 48.5 Å².